The SMILES string of the molecule is CCOCCCNC(=NC)NCCCc1ccc(OC)c(OC)c1. The molecule has 0 radical (unpaired) electrons. The van der Waals surface area contributed by atoms with Crippen LogP contribution >= 0.6 is 0 Å². The maximum atomic E-state index is 5.33. The highest BCUT2D eigenvalue weighted by Crippen LogP contribution is 2.27. The Morgan fingerprint density at radius 1 is 1.04 bits per heavy atom. The van der Waals surface area contributed by atoms with Crippen LogP contribution in [-0.4, -0.2) is 53.5 Å². The molecule has 0 heterocycles. The summed E-state index contributed by atoms with van der Waals surface area (Å²) in [4.78, 5) is 4.22. The summed E-state index contributed by atoms with van der Waals surface area (Å²) in [6.07, 6.45) is 2.95. The summed E-state index contributed by atoms with van der Waals surface area (Å²) in [6, 6.07) is 6.04. The minimum atomic E-state index is 0.760. The van der Waals surface area contributed by atoms with Gasteiger partial charge in [0.05, 0.1) is 14.2 Å². The monoisotopic (exact) mass is 337 g/mol. The highest BCUT2D eigenvalue weighted by molar-refractivity contribution is 5.79. The van der Waals surface area contributed by atoms with Gasteiger partial charge in [0, 0.05) is 33.4 Å². The first-order chi connectivity index (χ1) is 11.7. The molecule has 1 aromatic carbocycles. The number of hydrogen-bond acceptors (Lipinski definition) is 4. The highest BCUT2D eigenvalue weighted by atomic mass is 16.5. The van der Waals surface area contributed by atoms with Gasteiger partial charge in [-0.05, 0) is 43.9 Å². The number of hydrogen-bond donors (Lipinski definition) is 2. The van der Waals surface area contributed by atoms with Crippen LogP contribution in [0.25, 0.3) is 0 Å². The zero-order chi connectivity index (χ0) is 17.6. The van der Waals surface area contributed by atoms with Crippen molar-refractivity contribution in [3.63, 3.8) is 0 Å². The van der Waals surface area contributed by atoms with Gasteiger partial charge in [-0.3, -0.25) is 4.99 Å². The second-order valence-corrected chi connectivity index (χ2v) is 5.27. The lowest BCUT2D eigenvalue weighted by atomic mass is 10.1. The van der Waals surface area contributed by atoms with Gasteiger partial charge in [0.25, 0.3) is 0 Å². The lowest BCUT2D eigenvalue weighted by Gasteiger charge is -2.12. The van der Waals surface area contributed by atoms with Gasteiger partial charge >= 0.3 is 0 Å². The van der Waals surface area contributed by atoms with E-state index in [9.17, 15) is 0 Å². The molecule has 0 atom stereocenters. The van der Waals surface area contributed by atoms with Crippen molar-refractivity contribution in [1.29, 1.82) is 0 Å². The third-order valence-electron chi connectivity index (χ3n) is 3.57. The Balaban J connectivity index is 2.26. The second kappa shape index (κ2) is 12.5. The minimum absolute atomic E-state index is 0.760. The van der Waals surface area contributed by atoms with Crippen molar-refractivity contribution < 1.29 is 14.2 Å². The number of nitrogens with one attached hydrogen (secondary N) is 2. The number of aliphatic imine (C=N–C) groups is 1. The summed E-state index contributed by atoms with van der Waals surface area (Å²) in [5, 5.41) is 6.61. The third-order valence-corrected chi connectivity index (χ3v) is 3.57. The standard InChI is InChI=1S/C18H31N3O3/c1-5-24-13-7-12-21-18(19-2)20-11-6-8-15-9-10-16(22-3)17(14-15)23-4/h9-10,14H,5-8,11-13H2,1-4H3,(H2,19,20,21). The molecule has 0 fully saturated rings. The van der Waals surface area contributed by atoms with E-state index in [0.717, 1.165) is 63.0 Å². The molecule has 0 unspecified atom stereocenters. The van der Waals surface area contributed by atoms with Gasteiger partial charge in [0.15, 0.2) is 17.5 Å². The summed E-state index contributed by atoms with van der Waals surface area (Å²) in [5.74, 6) is 2.37. The van der Waals surface area contributed by atoms with Crippen LogP contribution < -0.4 is 20.1 Å². The Bertz CT molecular complexity index is 492. The van der Waals surface area contributed by atoms with Gasteiger partial charge < -0.3 is 24.8 Å². The van der Waals surface area contributed by atoms with Crippen LogP contribution in [0, 0.1) is 0 Å². The lowest BCUT2D eigenvalue weighted by Crippen LogP contribution is -2.38. The first-order valence-electron chi connectivity index (χ1n) is 8.48. The molecule has 0 amide bonds. The van der Waals surface area contributed by atoms with Gasteiger partial charge in [0.2, 0.25) is 0 Å². The Kier molecular flexibility index (Phi) is 10.4. The minimum Gasteiger partial charge on any atom is -0.493 e. The fourth-order valence-electron chi connectivity index (χ4n) is 2.28. The van der Waals surface area contributed by atoms with Crippen molar-refractivity contribution in [1.82, 2.24) is 10.6 Å². The first kappa shape index (κ1) is 20.1. The van der Waals surface area contributed by atoms with Crippen LogP contribution in [0.2, 0.25) is 0 Å². The normalized spacial score (nSPS) is 11.2. The van der Waals surface area contributed by atoms with Gasteiger partial charge in [-0.1, -0.05) is 6.07 Å². The highest BCUT2D eigenvalue weighted by Gasteiger charge is 2.04. The van der Waals surface area contributed by atoms with Gasteiger partial charge in [0.1, 0.15) is 0 Å². The molecule has 0 saturated carbocycles. The fourth-order valence-corrected chi connectivity index (χ4v) is 2.28. The largest absolute Gasteiger partial charge is 0.493 e. The molecule has 0 saturated heterocycles. The Hall–Kier alpha value is -1.95. The van der Waals surface area contributed by atoms with Crippen molar-refractivity contribution in [2.24, 2.45) is 4.99 Å². The Morgan fingerprint density at radius 3 is 2.38 bits per heavy atom. The number of nitrogens with zero attached hydrogens (tertiary/aromatic N) is 1. The van der Waals surface area contributed by atoms with Crippen molar-refractivity contribution >= 4 is 5.96 Å². The number of guanidine groups is 1. The molecule has 0 bridgehead atoms. The summed E-state index contributed by atoms with van der Waals surface area (Å²) in [5.41, 5.74) is 1.23. The van der Waals surface area contributed by atoms with E-state index in [2.05, 4.69) is 21.7 Å². The summed E-state index contributed by atoms with van der Waals surface area (Å²) >= 11 is 0. The van der Waals surface area contributed by atoms with Crippen molar-refractivity contribution in [3.8, 4) is 11.5 Å². The molecular weight excluding hydrogens is 306 g/mol. The average molecular weight is 337 g/mol. The number of benzene rings is 1. The van der Waals surface area contributed by atoms with Crippen LogP contribution in [0.5, 0.6) is 11.5 Å². The average Bonchev–Trinajstić information content (AvgIpc) is 2.62. The quantitative estimate of drug-likeness (QED) is 0.368. The number of ether oxygens (including phenoxy) is 3. The molecule has 0 spiro atoms. The van der Waals surface area contributed by atoms with Crippen LogP contribution in [0.15, 0.2) is 23.2 Å². The lowest BCUT2D eigenvalue weighted by molar-refractivity contribution is 0.145. The zero-order valence-corrected chi connectivity index (χ0v) is 15.4. The van der Waals surface area contributed by atoms with Gasteiger partial charge in [-0.25, -0.2) is 0 Å². The van der Waals surface area contributed by atoms with Crippen molar-refractivity contribution in [2.75, 3.05) is 47.6 Å². The van der Waals surface area contributed by atoms with Crippen LogP contribution in [0.3, 0.4) is 0 Å². The molecule has 0 aromatic heterocycles. The molecule has 1 aromatic rings. The number of methoxy groups -OCH3 is 2. The van der Waals surface area contributed by atoms with E-state index in [1.165, 1.54) is 5.56 Å². The summed E-state index contributed by atoms with van der Waals surface area (Å²) in [7, 11) is 5.09. The van der Waals surface area contributed by atoms with Crippen LogP contribution in [0.1, 0.15) is 25.3 Å². The molecule has 136 valence electrons. The number of rotatable bonds is 11. The van der Waals surface area contributed by atoms with Crippen molar-refractivity contribution in [2.45, 2.75) is 26.2 Å². The summed E-state index contributed by atoms with van der Waals surface area (Å²) < 4.78 is 15.9. The Labute approximate surface area is 145 Å². The van der Waals surface area contributed by atoms with E-state index in [4.69, 9.17) is 14.2 Å². The van der Waals surface area contributed by atoms with E-state index in [1.54, 1.807) is 21.3 Å². The molecule has 0 aliphatic carbocycles. The predicted octanol–water partition coefficient (Wildman–Crippen LogP) is 2.23. The van der Waals surface area contributed by atoms with Crippen LogP contribution in [0.4, 0.5) is 0 Å². The maximum absolute atomic E-state index is 5.33. The summed E-state index contributed by atoms with van der Waals surface area (Å²) in [6.45, 7) is 5.27. The van der Waals surface area contributed by atoms with Crippen molar-refractivity contribution in [3.05, 3.63) is 23.8 Å². The van der Waals surface area contributed by atoms with E-state index < -0.39 is 0 Å². The van der Waals surface area contributed by atoms with E-state index in [0.29, 0.717) is 0 Å². The molecule has 2 N–H and O–H groups in total. The topological polar surface area (TPSA) is 64.1 Å². The molecular formula is C18H31N3O3. The maximum Gasteiger partial charge on any atom is 0.190 e. The van der Waals surface area contributed by atoms with E-state index in [1.807, 2.05) is 19.1 Å². The van der Waals surface area contributed by atoms with Crippen LogP contribution in [-0.2, 0) is 11.2 Å². The Morgan fingerprint density at radius 2 is 1.75 bits per heavy atom. The third kappa shape index (κ3) is 7.55. The zero-order valence-electron chi connectivity index (χ0n) is 15.4. The molecule has 0 aliphatic rings. The second-order valence-electron chi connectivity index (χ2n) is 5.27. The van der Waals surface area contributed by atoms with E-state index in [-0.39, 0.29) is 0 Å². The molecule has 24 heavy (non-hydrogen) atoms. The molecule has 1 rings (SSSR count). The molecule has 0 aliphatic heterocycles. The molecule has 6 heteroatoms. The fraction of sp³-hybridized carbons (Fsp3) is 0.611. The smallest absolute Gasteiger partial charge is 0.190 e. The number of aryl methyl sites for hydroxylation is 1. The van der Waals surface area contributed by atoms with E-state index >= 15 is 0 Å². The van der Waals surface area contributed by atoms with Gasteiger partial charge in [-0.2, -0.15) is 0 Å². The predicted molar refractivity (Wildman–Crippen MR) is 98.3 cm³/mol. The first-order valence-corrected chi connectivity index (χ1v) is 8.48. The molecule has 6 nitrogen and oxygen atoms in total. The van der Waals surface area contributed by atoms with Gasteiger partial charge in [-0.15, -0.1) is 0 Å².